The van der Waals surface area contributed by atoms with Crippen LogP contribution < -0.4 is 0 Å². The standard InChI is InChI=1S/C22H31NO6/c1-4-16(25)14-7-5-8-15-18-12(2)19(28-17(18)9-6-10-23(14)15)21-20(27-3)13(11-24)22(26)29-21/h9,12,14-16,18,24-25H,4-8,10-11H2,1-3H3/b21-19+/t12-,14-,15-,16-,18+/m0/s1. The van der Waals surface area contributed by atoms with Crippen LogP contribution in [0.1, 0.15) is 46.0 Å². The SMILES string of the molecule is CC[C@H](O)[C@@H]1CCC[C@H]2[C@@H]3C(=CCCN21)O/C(=C1/OC(=O)C(CO)=C1OC)[C@H]3C. The normalized spacial score (nSPS) is 36.0. The van der Waals surface area contributed by atoms with Crippen LogP contribution in [0.5, 0.6) is 0 Å². The van der Waals surface area contributed by atoms with E-state index in [1.807, 2.05) is 6.92 Å². The molecule has 0 aliphatic carbocycles. The third-order valence-electron chi connectivity index (χ3n) is 6.88. The van der Waals surface area contributed by atoms with E-state index in [1.54, 1.807) is 0 Å². The lowest BCUT2D eigenvalue weighted by molar-refractivity contribution is -0.133. The number of hydrogen-bond acceptors (Lipinski definition) is 7. The molecule has 29 heavy (non-hydrogen) atoms. The predicted octanol–water partition coefficient (Wildman–Crippen LogP) is 2.21. The minimum absolute atomic E-state index is 0.00429. The largest absolute Gasteiger partial charge is 0.492 e. The zero-order valence-corrected chi connectivity index (χ0v) is 17.4. The molecule has 0 saturated carbocycles. The Labute approximate surface area is 171 Å². The number of carbonyl (C=O) groups excluding carboxylic acids is 1. The second kappa shape index (κ2) is 8.13. The predicted molar refractivity (Wildman–Crippen MR) is 105 cm³/mol. The highest BCUT2D eigenvalue weighted by atomic mass is 16.6. The van der Waals surface area contributed by atoms with Crippen LogP contribution in [0.3, 0.4) is 0 Å². The van der Waals surface area contributed by atoms with Gasteiger partial charge < -0.3 is 24.4 Å². The molecular formula is C22H31NO6. The quantitative estimate of drug-likeness (QED) is 0.693. The van der Waals surface area contributed by atoms with Crippen LogP contribution in [0.15, 0.2) is 34.7 Å². The van der Waals surface area contributed by atoms with Crippen molar-refractivity contribution in [1.82, 2.24) is 4.90 Å². The molecule has 0 unspecified atom stereocenters. The van der Waals surface area contributed by atoms with Crippen molar-refractivity contribution in [3.63, 3.8) is 0 Å². The van der Waals surface area contributed by atoms with E-state index in [9.17, 15) is 15.0 Å². The molecule has 0 aromatic heterocycles. The third-order valence-corrected chi connectivity index (χ3v) is 6.88. The molecule has 4 aliphatic rings. The summed E-state index contributed by atoms with van der Waals surface area (Å²) in [5.74, 6) is 1.61. The summed E-state index contributed by atoms with van der Waals surface area (Å²) in [4.78, 5) is 14.6. The maximum absolute atomic E-state index is 12.1. The summed E-state index contributed by atoms with van der Waals surface area (Å²) in [6.07, 6.45) is 6.59. The third kappa shape index (κ3) is 3.29. The number of carbonyl (C=O) groups is 1. The molecule has 0 aromatic carbocycles. The van der Waals surface area contributed by atoms with Crippen molar-refractivity contribution in [3.05, 3.63) is 34.7 Å². The molecule has 4 aliphatic heterocycles. The fraction of sp³-hybridized carbons (Fsp3) is 0.682. The second-order valence-corrected chi connectivity index (χ2v) is 8.34. The number of fused-ring (bicyclic) bond motifs is 3. The summed E-state index contributed by atoms with van der Waals surface area (Å²) in [7, 11) is 1.46. The average Bonchev–Trinajstić information content (AvgIpc) is 3.15. The van der Waals surface area contributed by atoms with E-state index >= 15 is 0 Å². The van der Waals surface area contributed by atoms with Gasteiger partial charge in [-0.25, -0.2) is 4.79 Å². The molecule has 2 saturated heterocycles. The van der Waals surface area contributed by atoms with Crippen molar-refractivity contribution in [1.29, 1.82) is 0 Å². The van der Waals surface area contributed by atoms with Crippen molar-refractivity contribution < 1.29 is 29.2 Å². The molecule has 0 amide bonds. The average molecular weight is 405 g/mol. The molecule has 4 heterocycles. The first-order valence-corrected chi connectivity index (χ1v) is 10.7. The lowest BCUT2D eigenvalue weighted by Crippen LogP contribution is -2.54. The molecule has 5 atom stereocenters. The van der Waals surface area contributed by atoms with Gasteiger partial charge in [-0.2, -0.15) is 0 Å². The van der Waals surface area contributed by atoms with E-state index in [-0.39, 0.29) is 47.1 Å². The maximum Gasteiger partial charge on any atom is 0.345 e. The Hall–Kier alpha value is -1.83. The van der Waals surface area contributed by atoms with Gasteiger partial charge in [-0.05, 0) is 31.8 Å². The Morgan fingerprint density at radius 2 is 2.14 bits per heavy atom. The van der Waals surface area contributed by atoms with E-state index in [1.165, 1.54) is 7.11 Å². The number of piperidine rings is 1. The van der Waals surface area contributed by atoms with Gasteiger partial charge in [0.25, 0.3) is 0 Å². The maximum atomic E-state index is 12.1. The number of nitrogens with zero attached hydrogens (tertiary/aromatic N) is 1. The number of methoxy groups -OCH3 is 1. The molecule has 0 radical (unpaired) electrons. The molecule has 2 N–H and O–H groups in total. The van der Waals surface area contributed by atoms with Crippen LogP contribution >= 0.6 is 0 Å². The number of esters is 1. The molecule has 0 aromatic rings. The van der Waals surface area contributed by atoms with Gasteiger partial charge in [0, 0.05) is 30.5 Å². The van der Waals surface area contributed by atoms with Gasteiger partial charge in [0.1, 0.15) is 11.3 Å². The van der Waals surface area contributed by atoms with Crippen molar-refractivity contribution in [2.24, 2.45) is 11.8 Å². The topological polar surface area (TPSA) is 88.5 Å². The lowest BCUT2D eigenvalue weighted by Gasteiger charge is -2.46. The minimum atomic E-state index is -0.589. The number of ether oxygens (including phenoxy) is 3. The van der Waals surface area contributed by atoms with Crippen LogP contribution in [-0.2, 0) is 19.0 Å². The molecule has 4 rings (SSSR count). The number of rotatable bonds is 4. The number of cyclic esters (lactones) is 1. The Morgan fingerprint density at radius 3 is 2.83 bits per heavy atom. The van der Waals surface area contributed by atoms with Gasteiger partial charge in [0.15, 0.2) is 11.5 Å². The van der Waals surface area contributed by atoms with E-state index in [4.69, 9.17) is 14.2 Å². The smallest absolute Gasteiger partial charge is 0.345 e. The van der Waals surface area contributed by atoms with Crippen LogP contribution in [0.2, 0.25) is 0 Å². The Bertz CT molecular complexity index is 769. The fourth-order valence-corrected chi connectivity index (χ4v) is 5.47. The van der Waals surface area contributed by atoms with Crippen molar-refractivity contribution >= 4 is 5.97 Å². The molecule has 0 spiro atoms. The summed E-state index contributed by atoms with van der Waals surface area (Å²) in [6, 6.07) is 0.455. The lowest BCUT2D eigenvalue weighted by atomic mass is 9.79. The van der Waals surface area contributed by atoms with Gasteiger partial charge in [-0.15, -0.1) is 0 Å². The number of hydrogen-bond donors (Lipinski definition) is 2. The highest BCUT2D eigenvalue weighted by molar-refractivity contribution is 5.94. The van der Waals surface area contributed by atoms with Gasteiger partial charge >= 0.3 is 5.97 Å². The van der Waals surface area contributed by atoms with Crippen molar-refractivity contribution in [2.75, 3.05) is 20.3 Å². The van der Waals surface area contributed by atoms with Crippen LogP contribution in [0, 0.1) is 11.8 Å². The molecule has 7 nitrogen and oxygen atoms in total. The summed E-state index contributed by atoms with van der Waals surface area (Å²) in [6.45, 7) is 4.61. The molecule has 2 fully saturated rings. The monoisotopic (exact) mass is 405 g/mol. The fourth-order valence-electron chi connectivity index (χ4n) is 5.47. The van der Waals surface area contributed by atoms with E-state index in [0.29, 0.717) is 5.76 Å². The van der Waals surface area contributed by atoms with E-state index in [2.05, 4.69) is 17.9 Å². The summed E-state index contributed by atoms with van der Waals surface area (Å²) < 4.78 is 17.1. The second-order valence-electron chi connectivity index (χ2n) is 8.34. The number of aliphatic hydroxyl groups excluding tert-OH is 2. The van der Waals surface area contributed by atoms with Crippen molar-refractivity contribution in [2.45, 2.75) is 64.1 Å². The minimum Gasteiger partial charge on any atom is -0.492 e. The summed E-state index contributed by atoms with van der Waals surface area (Å²) >= 11 is 0. The summed E-state index contributed by atoms with van der Waals surface area (Å²) in [5.41, 5.74) is 0.122. The Kier molecular flexibility index (Phi) is 5.73. The Morgan fingerprint density at radius 1 is 1.34 bits per heavy atom. The number of allylic oxidation sites excluding steroid dienone is 1. The van der Waals surface area contributed by atoms with Gasteiger partial charge in [-0.1, -0.05) is 20.3 Å². The van der Waals surface area contributed by atoms with Gasteiger partial charge in [0.2, 0.25) is 5.76 Å². The first-order chi connectivity index (χ1) is 14.0. The van der Waals surface area contributed by atoms with Crippen LogP contribution in [0.25, 0.3) is 0 Å². The summed E-state index contributed by atoms with van der Waals surface area (Å²) in [5, 5.41) is 20.1. The van der Waals surface area contributed by atoms with Crippen LogP contribution in [0.4, 0.5) is 0 Å². The molecule has 160 valence electrons. The van der Waals surface area contributed by atoms with Gasteiger partial charge in [-0.3, -0.25) is 4.90 Å². The van der Waals surface area contributed by atoms with Gasteiger partial charge in [0.05, 0.1) is 19.8 Å². The first-order valence-electron chi connectivity index (χ1n) is 10.7. The highest BCUT2D eigenvalue weighted by Gasteiger charge is 2.49. The zero-order chi connectivity index (χ0) is 20.7. The molecule has 0 bridgehead atoms. The van der Waals surface area contributed by atoms with Crippen LogP contribution in [-0.4, -0.2) is 59.5 Å². The number of aliphatic hydroxyl groups is 2. The van der Waals surface area contributed by atoms with Crippen molar-refractivity contribution in [3.8, 4) is 0 Å². The molecule has 7 heteroatoms. The first kappa shape index (κ1) is 20.4. The van der Waals surface area contributed by atoms with E-state index in [0.717, 1.165) is 44.4 Å². The molecular weight excluding hydrogens is 374 g/mol. The highest BCUT2D eigenvalue weighted by Crippen LogP contribution is 2.49. The zero-order valence-electron chi connectivity index (χ0n) is 17.4. The van der Waals surface area contributed by atoms with E-state index < -0.39 is 12.6 Å². The Balaban J connectivity index is 1.70.